The number of rotatable bonds is 5. The van der Waals surface area contributed by atoms with Gasteiger partial charge < -0.3 is 14.2 Å². The number of likely N-dealkylation sites (tertiary alicyclic amines) is 1. The van der Waals surface area contributed by atoms with E-state index in [-0.39, 0.29) is 18.3 Å². The van der Waals surface area contributed by atoms with Gasteiger partial charge in [-0.15, -0.1) is 0 Å². The lowest BCUT2D eigenvalue weighted by molar-refractivity contribution is -0.128. The lowest BCUT2D eigenvalue weighted by Crippen LogP contribution is -2.24. The van der Waals surface area contributed by atoms with Gasteiger partial charge in [0.25, 0.3) is 0 Å². The highest BCUT2D eigenvalue weighted by Gasteiger charge is 2.22. The highest BCUT2D eigenvalue weighted by Crippen LogP contribution is 2.17. The Morgan fingerprint density at radius 3 is 3.00 bits per heavy atom. The van der Waals surface area contributed by atoms with Gasteiger partial charge in [0.15, 0.2) is 18.2 Å². The van der Waals surface area contributed by atoms with E-state index in [1.54, 1.807) is 17.0 Å². The number of hydrogen-bond acceptors (Lipinski definition) is 5. The van der Waals surface area contributed by atoms with Crippen molar-refractivity contribution < 1.29 is 18.4 Å². The van der Waals surface area contributed by atoms with E-state index in [4.69, 9.17) is 9.26 Å². The monoisotopic (exact) mass is 291 g/mol. The summed E-state index contributed by atoms with van der Waals surface area (Å²) < 4.78 is 23.7. The molecule has 2 heterocycles. The van der Waals surface area contributed by atoms with Crippen molar-refractivity contribution in [2.24, 2.45) is 0 Å². The number of nitrogens with zero attached hydrogens (tertiary/aromatic N) is 3. The van der Waals surface area contributed by atoms with Crippen LogP contribution in [0, 0.1) is 5.82 Å². The molecule has 1 aliphatic rings. The van der Waals surface area contributed by atoms with Crippen molar-refractivity contribution in [2.75, 3.05) is 6.54 Å². The summed E-state index contributed by atoms with van der Waals surface area (Å²) in [7, 11) is 0. The van der Waals surface area contributed by atoms with Gasteiger partial charge >= 0.3 is 0 Å². The third-order valence-electron chi connectivity index (χ3n) is 3.20. The lowest BCUT2D eigenvalue weighted by Gasteiger charge is -2.11. The number of carbonyl (C=O) groups excluding carboxylic acids is 1. The van der Waals surface area contributed by atoms with Gasteiger partial charge in [0.1, 0.15) is 0 Å². The average Bonchev–Trinajstić information content (AvgIpc) is 3.09. The van der Waals surface area contributed by atoms with Crippen LogP contribution in [0.3, 0.4) is 0 Å². The third-order valence-corrected chi connectivity index (χ3v) is 3.20. The van der Waals surface area contributed by atoms with Gasteiger partial charge in [0, 0.05) is 13.0 Å². The molecule has 0 aliphatic carbocycles. The second-order valence-electron chi connectivity index (χ2n) is 4.74. The molecule has 1 aromatic heterocycles. The van der Waals surface area contributed by atoms with Crippen LogP contribution in [-0.2, 0) is 17.9 Å². The third kappa shape index (κ3) is 3.18. The molecule has 110 valence electrons. The van der Waals surface area contributed by atoms with Crippen molar-refractivity contribution in [3.63, 3.8) is 0 Å². The Bertz CT molecular complexity index is 644. The minimum Gasteiger partial charge on any atom is -0.482 e. The number of aromatic nitrogens is 2. The first-order valence-electron chi connectivity index (χ1n) is 6.69. The molecule has 0 spiro atoms. The molecule has 3 rings (SSSR count). The van der Waals surface area contributed by atoms with Crippen LogP contribution < -0.4 is 4.74 Å². The molecule has 0 atom stereocenters. The van der Waals surface area contributed by atoms with Crippen molar-refractivity contribution in [1.29, 1.82) is 0 Å². The fourth-order valence-corrected chi connectivity index (χ4v) is 2.15. The number of para-hydroxylation sites is 1. The molecule has 1 amide bonds. The summed E-state index contributed by atoms with van der Waals surface area (Å²) >= 11 is 0. The van der Waals surface area contributed by atoms with Crippen LogP contribution in [0.2, 0.25) is 0 Å². The topological polar surface area (TPSA) is 68.5 Å². The maximum atomic E-state index is 13.4. The molecule has 0 bridgehead atoms. The quantitative estimate of drug-likeness (QED) is 0.841. The van der Waals surface area contributed by atoms with Crippen molar-refractivity contribution in [3.05, 3.63) is 41.8 Å². The van der Waals surface area contributed by atoms with Gasteiger partial charge in [-0.3, -0.25) is 4.79 Å². The van der Waals surface area contributed by atoms with Crippen LogP contribution in [0.1, 0.15) is 24.6 Å². The van der Waals surface area contributed by atoms with Crippen molar-refractivity contribution in [3.8, 4) is 5.75 Å². The van der Waals surface area contributed by atoms with Gasteiger partial charge in [-0.05, 0) is 18.6 Å². The smallest absolute Gasteiger partial charge is 0.246 e. The number of benzene rings is 1. The molecule has 0 unspecified atom stereocenters. The summed E-state index contributed by atoms with van der Waals surface area (Å²) in [5, 5.41) is 3.76. The number of hydrogen-bond donors (Lipinski definition) is 0. The number of carbonyl (C=O) groups is 1. The van der Waals surface area contributed by atoms with E-state index in [0.29, 0.717) is 31.2 Å². The van der Waals surface area contributed by atoms with E-state index < -0.39 is 5.82 Å². The second-order valence-corrected chi connectivity index (χ2v) is 4.74. The summed E-state index contributed by atoms with van der Waals surface area (Å²) in [6.45, 7) is 1.03. The molecule has 2 aromatic rings. The fraction of sp³-hybridized carbons (Fsp3) is 0.357. The standard InChI is InChI=1S/C14H14FN3O3/c15-10-4-1-2-5-11(10)20-9-12-16-13(21-17-12)8-18-7-3-6-14(18)19/h1-2,4-5H,3,6-9H2. The Labute approximate surface area is 120 Å². The summed E-state index contributed by atoms with van der Waals surface area (Å²) in [5.41, 5.74) is 0. The summed E-state index contributed by atoms with van der Waals surface area (Å²) in [4.78, 5) is 17.3. The zero-order chi connectivity index (χ0) is 14.7. The van der Waals surface area contributed by atoms with E-state index in [0.717, 1.165) is 6.42 Å². The Morgan fingerprint density at radius 1 is 1.38 bits per heavy atom. The van der Waals surface area contributed by atoms with Gasteiger partial charge in [-0.1, -0.05) is 17.3 Å². The predicted octanol–water partition coefficient (Wildman–Crippen LogP) is 1.91. The number of ether oxygens (including phenoxy) is 1. The van der Waals surface area contributed by atoms with E-state index in [1.165, 1.54) is 12.1 Å². The largest absolute Gasteiger partial charge is 0.482 e. The predicted molar refractivity (Wildman–Crippen MR) is 69.7 cm³/mol. The normalized spacial score (nSPS) is 14.7. The van der Waals surface area contributed by atoms with Gasteiger partial charge in [0.2, 0.25) is 17.6 Å². The molecule has 1 aliphatic heterocycles. The molecule has 0 N–H and O–H groups in total. The molecule has 1 saturated heterocycles. The Kier molecular flexibility index (Phi) is 3.81. The Balaban J connectivity index is 1.58. The van der Waals surface area contributed by atoms with Crippen molar-refractivity contribution in [1.82, 2.24) is 15.0 Å². The number of halogens is 1. The van der Waals surface area contributed by atoms with Crippen molar-refractivity contribution >= 4 is 5.91 Å². The van der Waals surface area contributed by atoms with Gasteiger partial charge in [-0.25, -0.2) is 4.39 Å². The molecular formula is C14H14FN3O3. The first-order valence-corrected chi connectivity index (χ1v) is 6.69. The summed E-state index contributed by atoms with van der Waals surface area (Å²) in [6, 6.07) is 6.11. The lowest BCUT2D eigenvalue weighted by atomic mass is 10.3. The Hall–Kier alpha value is -2.44. The van der Waals surface area contributed by atoms with Gasteiger partial charge in [-0.2, -0.15) is 4.98 Å². The fourth-order valence-electron chi connectivity index (χ4n) is 2.15. The average molecular weight is 291 g/mol. The molecular weight excluding hydrogens is 277 g/mol. The van der Waals surface area contributed by atoms with E-state index in [1.807, 2.05) is 0 Å². The zero-order valence-electron chi connectivity index (χ0n) is 11.3. The minimum absolute atomic E-state index is 0.0123. The molecule has 7 heteroatoms. The molecule has 21 heavy (non-hydrogen) atoms. The summed E-state index contributed by atoms with van der Waals surface area (Å²) in [6.07, 6.45) is 1.42. The SMILES string of the molecule is O=C1CCCN1Cc1nc(COc2ccccc2F)no1. The van der Waals surface area contributed by atoms with Crippen LogP contribution in [0.15, 0.2) is 28.8 Å². The molecule has 1 aromatic carbocycles. The van der Waals surface area contributed by atoms with Crippen molar-refractivity contribution in [2.45, 2.75) is 26.0 Å². The number of amides is 1. The molecule has 6 nitrogen and oxygen atoms in total. The Morgan fingerprint density at radius 2 is 2.24 bits per heavy atom. The van der Waals surface area contributed by atoms with Crippen LogP contribution in [0.5, 0.6) is 5.75 Å². The zero-order valence-corrected chi connectivity index (χ0v) is 11.3. The highest BCUT2D eigenvalue weighted by molar-refractivity contribution is 5.77. The molecule has 1 fully saturated rings. The van der Waals surface area contributed by atoms with E-state index in [2.05, 4.69) is 10.1 Å². The first-order chi connectivity index (χ1) is 10.2. The maximum absolute atomic E-state index is 13.4. The van der Waals surface area contributed by atoms with Crippen LogP contribution >= 0.6 is 0 Å². The molecule has 0 radical (unpaired) electrons. The second kappa shape index (κ2) is 5.90. The van der Waals surface area contributed by atoms with Crippen LogP contribution in [0.4, 0.5) is 4.39 Å². The van der Waals surface area contributed by atoms with Gasteiger partial charge in [0.05, 0.1) is 6.54 Å². The van der Waals surface area contributed by atoms with E-state index in [9.17, 15) is 9.18 Å². The molecule has 0 saturated carbocycles. The van der Waals surface area contributed by atoms with Crippen LogP contribution in [0.25, 0.3) is 0 Å². The minimum atomic E-state index is -0.441. The first kappa shape index (κ1) is 13.5. The van der Waals surface area contributed by atoms with E-state index >= 15 is 0 Å². The highest BCUT2D eigenvalue weighted by atomic mass is 19.1. The van der Waals surface area contributed by atoms with Crippen LogP contribution in [-0.4, -0.2) is 27.5 Å². The maximum Gasteiger partial charge on any atom is 0.246 e. The summed E-state index contributed by atoms with van der Waals surface area (Å²) in [5.74, 6) is 0.470.